The van der Waals surface area contributed by atoms with Gasteiger partial charge in [-0.15, -0.1) is 0 Å². The number of ether oxygens (including phenoxy) is 1. The molecule has 0 aliphatic rings. The summed E-state index contributed by atoms with van der Waals surface area (Å²) in [6.07, 6.45) is 1.67. The van der Waals surface area contributed by atoms with Gasteiger partial charge in [-0.25, -0.2) is 0 Å². The smallest absolute Gasteiger partial charge is 0.303 e. The number of rotatable bonds is 7. The van der Waals surface area contributed by atoms with E-state index >= 15 is 0 Å². The fourth-order valence-corrected chi connectivity index (χ4v) is 4.20. The largest absolute Gasteiger partial charge is 0.497 e. The minimum atomic E-state index is -0.758. The van der Waals surface area contributed by atoms with Crippen LogP contribution in [-0.2, 0) is 11.2 Å². The normalized spacial score (nSPS) is 12.1. The van der Waals surface area contributed by atoms with Crippen molar-refractivity contribution in [2.24, 2.45) is 5.92 Å². The van der Waals surface area contributed by atoms with Crippen LogP contribution in [0.1, 0.15) is 42.1 Å². The van der Waals surface area contributed by atoms with Gasteiger partial charge in [0, 0.05) is 23.1 Å². The Morgan fingerprint density at radius 1 is 1.17 bits per heavy atom. The maximum Gasteiger partial charge on any atom is 0.303 e. The Hall–Kier alpha value is -2.66. The molecule has 0 fully saturated rings. The number of aliphatic carboxylic acids is 1. The van der Waals surface area contributed by atoms with Gasteiger partial charge in [-0.2, -0.15) is 0 Å². The van der Waals surface area contributed by atoms with Crippen molar-refractivity contribution in [3.63, 3.8) is 0 Å². The Kier molecular flexibility index (Phi) is 6.38. The fraction of sp³-hybridized carbons (Fsp3) is 0.333. The number of nitrogens with zero attached hydrogens (tertiary/aromatic N) is 1. The summed E-state index contributed by atoms with van der Waals surface area (Å²) < 4.78 is 7.55. The Balaban J connectivity index is 2.15. The molecule has 0 aliphatic carbocycles. The molecule has 29 heavy (non-hydrogen) atoms. The van der Waals surface area contributed by atoms with Crippen LogP contribution in [-0.4, -0.2) is 27.7 Å². The van der Waals surface area contributed by atoms with E-state index in [1.165, 1.54) is 5.56 Å². The number of hydrogen-bond donors (Lipinski definition) is 1. The third-order valence-corrected chi connectivity index (χ3v) is 6.00. The van der Waals surface area contributed by atoms with Gasteiger partial charge in [-0.05, 0) is 49.9 Å². The first-order valence-corrected chi connectivity index (χ1v) is 10.3. The van der Waals surface area contributed by atoms with Crippen LogP contribution in [0.2, 0.25) is 0 Å². The lowest BCUT2D eigenvalue weighted by atomic mass is 9.92. The van der Waals surface area contributed by atoms with E-state index in [1.54, 1.807) is 7.11 Å². The van der Waals surface area contributed by atoms with Crippen molar-refractivity contribution in [1.29, 1.82) is 0 Å². The van der Waals surface area contributed by atoms with Crippen molar-refractivity contribution < 1.29 is 14.6 Å². The van der Waals surface area contributed by atoms with Crippen molar-refractivity contribution >= 4 is 34.1 Å². The zero-order chi connectivity index (χ0) is 21.1. The van der Waals surface area contributed by atoms with Crippen LogP contribution in [0, 0.1) is 19.8 Å². The summed E-state index contributed by atoms with van der Waals surface area (Å²) in [4.78, 5) is 12.0. The molecule has 4 nitrogen and oxygen atoms in total. The van der Waals surface area contributed by atoms with Gasteiger partial charge in [0.05, 0.1) is 12.6 Å². The fourth-order valence-electron chi connectivity index (χ4n) is 3.83. The van der Waals surface area contributed by atoms with Crippen molar-refractivity contribution in [2.45, 2.75) is 40.0 Å². The van der Waals surface area contributed by atoms with E-state index in [2.05, 4.69) is 30.5 Å². The summed E-state index contributed by atoms with van der Waals surface area (Å²) in [7, 11) is 1.65. The molecule has 1 atom stereocenters. The van der Waals surface area contributed by atoms with Crippen LogP contribution in [0.15, 0.2) is 42.5 Å². The number of carboxylic acid groups (broad SMARTS) is 1. The molecule has 0 saturated heterocycles. The Morgan fingerprint density at radius 2 is 1.86 bits per heavy atom. The third kappa shape index (κ3) is 4.35. The molecule has 0 amide bonds. The van der Waals surface area contributed by atoms with Crippen LogP contribution < -0.4 is 4.74 Å². The molecule has 0 radical (unpaired) electrons. The van der Waals surface area contributed by atoms with Gasteiger partial charge in [-0.1, -0.05) is 55.4 Å². The van der Waals surface area contributed by atoms with E-state index in [1.807, 2.05) is 37.3 Å². The average molecular weight is 410 g/mol. The van der Waals surface area contributed by atoms with Crippen LogP contribution >= 0.6 is 12.2 Å². The summed E-state index contributed by atoms with van der Waals surface area (Å²) in [6.45, 7) is 6.16. The second kappa shape index (κ2) is 8.78. The molecule has 152 valence electrons. The van der Waals surface area contributed by atoms with Gasteiger partial charge in [0.1, 0.15) is 10.7 Å². The van der Waals surface area contributed by atoms with Gasteiger partial charge < -0.3 is 14.4 Å². The first-order valence-electron chi connectivity index (χ1n) is 9.86. The average Bonchev–Trinajstić information content (AvgIpc) is 2.97. The standard InChI is InChI=1S/C24H27NO3S/c1-5-17(13-23(26)27)12-20-16(3)25(22-11-10-19(28-4)14-21(20)22)24(29)18-8-6-15(2)7-9-18/h6-11,14,17H,5,12-13H2,1-4H3,(H,26,27). The van der Waals surface area contributed by atoms with Crippen molar-refractivity contribution in [1.82, 2.24) is 4.57 Å². The van der Waals surface area contributed by atoms with Gasteiger partial charge in [-0.3, -0.25) is 4.79 Å². The van der Waals surface area contributed by atoms with Crippen LogP contribution in [0.4, 0.5) is 0 Å². The monoisotopic (exact) mass is 409 g/mol. The van der Waals surface area contributed by atoms with Gasteiger partial charge >= 0.3 is 5.97 Å². The number of benzene rings is 2. The number of fused-ring (bicyclic) bond motifs is 1. The van der Waals surface area contributed by atoms with E-state index in [4.69, 9.17) is 17.0 Å². The minimum Gasteiger partial charge on any atom is -0.497 e. The summed E-state index contributed by atoms with van der Waals surface area (Å²) in [5.74, 6) is 0.0961. The predicted octanol–water partition coefficient (Wildman–Crippen LogP) is 5.53. The van der Waals surface area contributed by atoms with Crippen LogP contribution in [0.3, 0.4) is 0 Å². The van der Waals surface area contributed by atoms with E-state index in [-0.39, 0.29) is 12.3 Å². The van der Waals surface area contributed by atoms with Crippen molar-refractivity contribution in [2.75, 3.05) is 7.11 Å². The Bertz CT molecular complexity index is 1050. The SMILES string of the molecule is CCC(CC(=O)O)Cc1c(C)n(C(=S)c2ccc(C)cc2)c2ccc(OC)cc12. The maximum absolute atomic E-state index is 11.3. The highest BCUT2D eigenvalue weighted by molar-refractivity contribution is 7.80. The lowest BCUT2D eigenvalue weighted by Gasteiger charge is -2.14. The lowest BCUT2D eigenvalue weighted by molar-refractivity contribution is -0.138. The number of carbonyl (C=O) groups is 1. The topological polar surface area (TPSA) is 51.5 Å². The molecule has 3 aromatic rings. The molecule has 0 spiro atoms. The molecule has 1 heterocycles. The van der Waals surface area contributed by atoms with E-state index < -0.39 is 5.97 Å². The number of aromatic nitrogens is 1. The third-order valence-electron chi connectivity index (χ3n) is 5.58. The van der Waals surface area contributed by atoms with Crippen LogP contribution in [0.5, 0.6) is 5.75 Å². The van der Waals surface area contributed by atoms with Gasteiger partial charge in [0.2, 0.25) is 0 Å². The number of carboxylic acids is 1. The lowest BCUT2D eigenvalue weighted by Crippen LogP contribution is -2.14. The summed E-state index contributed by atoms with van der Waals surface area (Å²) in [5, 5.41) is 10.3. The Morgan fingerprint density at radius 3 is 2.45 bits per heavy atom. The predicted molar refractivity (Wildman–Crippen MR) is 121 cm³/mol. The minimum absolute atomic E-state index is 0.0735. The molecule has 1 unspecified atom stereocenters. The van der Waals surface area contributed by atoms with Crippen LogP contribution in [0.25, 0.3) is 10.9 Å². The van der Waals surface area contributed by atoms with E-state index in [0.29, 0.717) is 6.42 Å². The first kappa shape index (κ1) is 21.1. The molecular formula is C24H27NO3S. The second-order valence-corrected chi connectivity index (χ2v) is 7.92. The zero-order valence-electron chi connectivity index (χ0n) is 17.4. The summed E-state index contributed by atoms with van der Waals surface area (Å²) in [6, 6.07) is 14.2. The number of hydrogen-bond acceptors (Lipinski definition) is 3. The Labute approximate surface area is 177 Å². The van der Waals surface area contributed by atoms with Gasteiger partial charge in [0.15, 0.2) is 0 Å². The van der Waals surface area contributed by atoms with Crippen molar-refractivity contribution in [3.8, 4) is 5.75 Å². The van der Waals surface area contributed by atoms with Crippen molar-refractivity contribution in [3.05, 3.63) is 64.8 Å². The molecule has 1 N–H and O–H groups in total. The zero-order valence-corrected chi connectivity index (χ0v) is 18.2. The highest BCUT2D eigenvalue weighted by Crippen LogP contribution is 2.33. The molecule has 1 aromatic heterocycles. The molecule has 5 heteroatoms. The molecule has 2 aromatic carbocycles. The van der Waals surface area contributed by atoms with Gasteiger partial charge in [0.25, 0.3) is 0 Å². The molecular weight excluding hydrogens is 382 g/mol. The molecule has 0 aliphatic heterocycles. The summed E-state index contributed by atoms with van der Waals surface area (Å²) in [5.41, 5.74) is 5.40. The maximum atomic E-state index is 11.3. The highest BCUT2D eigenvalue weighted by atomic mass is 32.1. The summed E-state index contributed by atoms with van der Waals surface area (Å²) >= 11 is 5.87. The number of aryl methyl sites for hydroxylation is 1. The quantitative estimate of drug-likeness (QED) is 0.521. The molecule has 0 bridgehead atoms. The molecule has 3 rings (SSSR count). The number of thiocarbonyl (C=S) groups is 1. The number of methoxy groups -OCH3 is 1. The van der Waals surface area contributed by atoms with E-state index in [0.717, 1.165) is 44.9 Å². The van der Waals surface area contributed by atoms with E-state index in [9.17, 15) is 9.90 Å². The second-order valence-electron chi connectivity index (χ2n) is 7.53. The molecule has 0 saturated carbocycles. The highest BCUT2D eigenvalue weighted by Gasteiger charge is 2.21. The first-order chi connectivity index (χ1) is 13.8.